The predicted octanol–water partition coefficient (Wildman–Crippen LogP) is 4.30. The molecule has 0 spiro atoms. The molecule has 3 unspecified atom stereocenters. The van der Waals surface area contributed by atoms with Crippen LogP contribution in [0, 0.1) is 12.8 Å². The lowest BCUT2D eigenvalue weighted by Gasteiger charge is -2.19. The van der Waals surface area contributed by atoms with Gasteiger partial charge in [-0.15, -0.1) is 0 Å². The van der Waals surface area contributed by atoms with E-state index < -0.39 is 6.04 Å². The van der Waals surface area contributed by atoms with Crippen LogP contribution in [-0.2, 0) is 20.8 Å². The van der Waals surface area contributed by atoms with Crippen LogP contribution in [-0.4, -0.2) is 54.0 Å². The van der Waals surface area contributed by atoms with Crippen LogP contribution in [0.15, 0.2) is 77.0 Å². The number of aromatic nitrogens is 1. The third-order valence-electron chi connectivity index (χ3n) is 7.30. The molecule has 3 amide bonds. The first-order valence-corrected chi connectivity index (χ1v) is 14.2. The first kappa shape index (κ1) is 29.7. The molecule has 2 aromatic rings. The van der Waals surface area contributed by atoms with Gasteiger partial charge in [0.05, 0.1) is 11.7 Å². The van der Waals surface area contributed by atoms with E-state index >= 15 is 0 Å². The molecule has 0 saturated carbocycles. The van der Waals surface area contributed by atoms with Crippen LogP contribution < -0.4 is 16.0 Å². The number of likely N-dealkylation sites (N-methyl/N-ethyl adjacent to an activating group) is 1. The maximum Gasteiger partial charge on any atom is 0.247 e. The number of unbranched alkanes of at least 4 members (excludes halogenated alkanes) is 1. The van der Waals surface area contributed by atoms with Crippen molar-refractivity contribution >= 4 is 30.0 Å². The van der Waals surface area contributed by atoms with Crippen LogP contribution in [0.2, 0.25) is 0 Å². The second kappa shape index (κ2) is 14.9. The molecule has 9 heteroatoms. The molecule has 41 heavy (non-hydrogen) atoms. The van der Waals surface area contributed by atoms with Crippen molar-refractivity contribution in [1.82, 2.24) is 20.7 Å². The molecule has 1 aliphatic heterocycles. The Labute approximate surface area is 241 Å². The minimum absolute atomic E-state index is 0.0553. The number of allylic oxidation sites excluding steroid dienone is 6. The number of benzene rings is 1. The van der Waals surface area contributed by atoms with Gasteiger partial charge in [0.1, 0.15) is 11.8 Å². The highest BCUT2D eigenvalue weighted by Gasteiger charge is 2.29. The quantitative estimate of drug-likeness (QED) is 0.250. The van der Waals surface area contributed by atoms with Crippen LogP contribution >= 0.6 is 0 Å². The van der Waals surface area contributed by atoms with Gasteiger partial charge in [-0.1, -0.05) is 54.1 Å². The summed E-state index contributed by atoms with van der Waals surface area (Å²) in [6.07, 6.45) is 19.6. The average molecular weight is 558 g/mol. The van der Waals surface area contributed by atoms with Crippen molar-refractivity contribution in [2.45, 2.75) is 57.5 Å². The Morgan fingerprint density at radius 3 is 2.73 bits per heavy atom. The Hall–Kier alpha value is -4.24. The number of amides is 3. The van der Waals surface area contributed by atoms with E-state index in [1.54, 1.807) is 11.9 Å². The molecule has 1 fully saturated rings. The van der Waals surface area contributed by atoms with E-state index in [4.69, 9.17) is 4.52 Å². The molecule has 4 rings (SSSR count). The van der Waals surface area contributed by atoms with Crippen molar-refractivity contribution in [3.8, 4) is 0 Å². The lowest BCUT2D eigenvalue weighted by molar-refractivity contribution is -0.127. The highest BCUT2D eigenvalue weighted by atomic mass is 16.5. The van der Waals surface area contributed by atoms with Crippen molar-refractivity contribution in [1.29, 1.82) is 0 Å². The molecule has 1 saturated heterocycles. The van der Waals surface area contributed by atoms with Crippen LogP contribution in [0.3, 0.4) is 0 Å². The van der Waals surface area contributed by atoms with Gasteiger partial charge in [-0.25, -0.2) is 0 Å². The SMILES string of the molecule is CNC(CCCCc1cc(C)no1)C(=O)NC1=CC=CC(/C=C/c2ccc(NC(=O)C3CCCN3C=O)cc2)C=C1. The van der Waals surface area contributed by atoms with Gasteiger partial charge in [-0.05, 0) is 69.5 Å². The topological polar surface area (TPSA) is 117 Å². The number of hydrogen-bond donors (Lipinski definition) is 3. The monoisotopic (exact) mass is 557 g/mol. The van der Waals surface area contributed by atoms with E-state index in [0.29, 0.717) is 18.7 Å². The zero-order valence-electron chi connectivity index (χ0n) is 23.7. The third-order valence-corrected chi connectivity index (χ3v) is 7.30. The summed E-state index contributed by atoms with van der Waals surface area (Å²) in [5.74, 6) is 0.739. The van der Waals surface area contributed by atoms with Gasteiger partial charge in [0, 0.05) is 36.3 Å². The molecule has 1 aromatic heterocycles. The van der Waals surface area contributed by atoms with Gasteiger partial charge < -0.3 is 25.4 Å². The Kier molecular flexibility index (Phi) is 10.8. The fourth-order valence-electron chi connectivity index (χ4n) is 4.97. The van der Waals surface area contributed by atoms with E-state index in [-0.39, 0.29) is 23.8 Å². The minimum Gasteiger partial charge on any atom is -0.361 e. The normalized spacial score (nSPS) is 19.2. The van der Waals surface area contributed by atoms with E-state index in [2.05, 4.69) is 33.3 Å². The van der Waals surface area contributed by atoms with Crippen LogP contribution in [0.25, 0.3) is 6.08 Å². The maximum absolute atomic E-state index is 12.9. The summed E-state index contributed by atoms with van der Waals surface area (Å²) < 4.78 is 5.25. The smallest absolute Gasteiger partial charge is 0.247 e. The fraction of sp³-hybridized carbons (Fsp3) is 0.375. The van der Waals surface area contributed by atoms with Gasteiger partial charge in [0.25, 0.3) is 0 Å². The van der Waals surface area contributed by atoms with Crippen LogP contribution in [0.1, 0.15) is 49.1 Å². The predicted molar refractivity (Wildman–Crippen MR) is 160 cm³/mol. The van der Waals surface area contributed by atoms with E-state index in [1.165, 1.54) is 0 Å². The molecular weight excluding hydrogens is 518 g/mol. The van der Waals surface area contributed by atoms with Gasteiger partial charge in [0.15, 0.2) is 0 Å². The Morgan fingerprint density at radius 2 is 2.00 bits per heavy atom. The fourth-order valence-corrected chi connectivity index (χ4v) is 4.97. The minimum atomic E-state index is -0.395. The van der Waals surface area contributed by atoms with Gasteiger partial charge in [-0.2, -0.15) is 0 Å². The zero-order valence-corrected chi connectivity index (χ0v) is 23.7. The molecule has 3 atom stereocenters. The van der Waals surface area contributed by atoms with Gasteiger partial charge in [0.2, 0.25) is 18.2 Å². The Bertz CT molecular complexity index is 1310. The first-order chi connectivity index (χ1) is 19.9. The number of anilines is 1. The lowest BCUT2D eigenvalue weighted by atomic mass is 10.1. The molecule has 216 valence electrons. The first-order valence-electron chi connectivity index (χ1n) is 14.2. The number of aryl methyl sites for hydroxylation is 2. The summed E-state index contributed by atoms with van der Waals surface area (Å²) >= 11 is 0. The maximum atomic E-state index is 12.9. The number of carbonyl (C=O) groups excluding carboxylic acids is 3. The number of rotatable bonds is 13. The number of likely N-dealkylation sites (tertiary alicyclic amines) is 1. The van der Waals surface area contributed by atoms with Crippen LogP contribution in [0.5, 0.6) is 0 Å². The molecule has 9 nitrogen and oxygen atoms in total. The highest BCUT2D eigenvalue weighted by Crippen LogP contribution is 2.19. The molecular formula is C32H39N5O4. The molecule has 1 aromatic carbocycles. The number of carbonyl (C=O) groups is 3. The van der Waals surface area contributed by atoms with Crippen molar-refractivity contribution in [3.63, 3.8) is 0 Å². The number of nitrogens with one attached hydrogen (secondary N) is 3. The van der Waals surface area contributed by atoms with Gasteiger partial charge in [-0.3, -0.25) is 14.4 Å². The summed E-state index contributed by atoms with van der Waals surface area (Å²) in [7, 11) is 1.80. The van der Waals surface area contributed by atoms with E-state index in [9.17, 15) is 14.4 Å². The number of nitrogens with zero attached hydrogens (tertiary/aromatic N) is 2. The summed E-state index contributed by atoms with van der Waals surface area (Å²) in [6.45, 7) is 2.53. The largest absolute Gasteiger partial charge is 0.361 e. The lowest BCUT2D eigenvalue weighted by Crippen LogP contribution is -2.42. The summed E-state index contributed by atoms with van der Waals surface area (Å²) in [5, 5.41) is 13.0. The van der Waals surface area contributed by atoms with Crippen molar-refractivity contribution in [2.24, 2.45) is 5.92 Å². The number of hydrogen-bond acceptors (Lipinski definition) is 6. The van der Waals surface area contributed by atoms with E-state index in [1.807, 2.05) is 67.6 Å². The van der Waals surface area contributed by atoms with Crippen molar-refractivity contribution < 1.29 is 18.9 Å². The summed E-state index contributed by atoms with van der Waals surface area (Å²) in [5.41, 5.74) is 3.33. The molecule has 2 aliphatic rings. The summed E-state index contributed by atoms with van der Waals surface area (Å²) in [4.78, 5) is 38.0. The second-order valence-corrected chi connectivity index (χ2v) is 10.4. The van der Waals surface area contributed by atoms with E-state index in [0.717, 1.165) is 61.2 Å². The third kappa shape index (κ3) is 8.88. The molecule has 3 N–H and O–H groups in total. The standard InChI is InChI=1S/C32H39N5O4/c1-23-21-28(41-36-23)9-3-4-10-29(33-2)31(39)34-26-8-5-7-24(14-17-26)12-13-25-15-18-27(19-16-25)35-32(40)30-11-6-20-37(30)22-38/h5,7-8,12-19,21-22,24,29-30,33H,3-4,6,9-11,20H2,1-2H3,(H,34,39)(H,35,40)/b13-12+. The molecule has 2 heterocycles. The van der Waals surface area contributed by atoms with Crippen LogP contribution in [0.4, 0.5) is 5.69 Å². The second-order valence-electron chi connectivity index (χ2n) is 10.4. The highest BCUT2D eigenvalue weighted by molar-refractivity contribution is 5.96. The van der Waals surface area contributed by atoms with Crippen molar-refractivity contribution in [2.75, 3.05) is 18.9 Å². The molecule has 0 bridgehead atoms. The average Bonchev–Trinajstić information content (AvgIpc) is 3.57. The zero-order chi connectivity index (χ0) is 29.0. The van der Waals surface area contributed by atoms with Crippen molar-refractivity contribution in [3.05, 3.63) is 89.5 Å². The summed E-state index contributed by atoms with van der Waals surface area (Å²) in [6, 6.07) is 8.88. The van der Waals surface area contributed by atoms with Gasteiger partial charge >= 0.3 is 0 Å². The molecule has 0 radical (unpaired) electrons. The Morgan fingerprint density at radius 1 is 1.17 bits per heavy atom. The Balaban J connectivity index is 1.22. The molecule has 1 aliphatic carbocycles.